The summed E-state index contributed by atoms with van der Waals surface area (Å²) in [5.41, 5.74) is 1.78. The molecule has 0 unspecified atom stereocenters. The van der Waals surface area contributed by atoms with E-state index >= 15 is 0 Å². The molecule has 0 radical (unpaired) electrons. The van der Waals surface area contributed by atoms with Crippen molar-refractivity contribution in [3.63, 3.8) is 0 Å². The van der Waals surface area contributed by atoms with Gasteiger partial charge in [-0.3, -0.25) is 9.69 Å². The van der Waals surface area contributed by atoms with Gasteiger partial charge in [0.2, 0.25) is 0 Å². The third-order valence-electron chi connectivity index (χ3n) is 4.16. The molecule has 0 atom stereocenters. The minimum absolute atomic E-state index is 0.0256. The Labute approximate surface area is 136 Å². The van der Waals surface area contributed by atoms with Gasteiger partial charge in [0.1, 0.15) is 0 Å². The molecule has 23 heavy (non-hydrogen) atoms. The van der Waals surface area contributed by atoms with Crippen molar-refractivity contribution in [2.24, 2.45) is 5.92 Å². The predicted octanol–water partition coefficient (Wildman–Crippen LogP) is 1.97. The van der Waals surface area contributed by atoms with E-state index in [1.54, 1.807) is 10.7 Å². The minimum Gasteiger partial charge on any atom is -0.360 e. The van der Waals surface area contributed by atoms with Crippen LogP contribution in [0, 0.1) is 12.8 Å². The van der Waals surface area contributed by atoms with Gasteiger partial charge in [-0.2, -0.15) is 5.10 Å². The molecule has 1 aliphatic rings. The fourth-order valence-corrected chi connectivity index (χ4v) is 2.86. The summed E-state index contributed by atoms with van der Waals surface area (Å²) in [7, 11) is 0. The number of nitrogens with zero attached hydrogens (tertiary/aromatic N) is 4. The summed E-state index contributed by atoms with van der Waals surface area (Å²) >= 11 is 0. The average molecular weight is 316 g/mol. The van der Waals surface area contributed by atoms with Crippen molar-refractivity contribution in [2.45, 2.75) is 46.2 Å². The van der Waals surface area contributed by atoms with Gasteiger partial charge in [0.05, 0.1) is 24.5 Å². The maximum Gasteiger partial charge on any atom is 0.266 e. The van der Waals surface area contributed by atoms with Crippen molar-refractivity contribution in [1.29, 1.82) is 0 Å². The topological polar surface area (TPSA) is 64.2 Å². The van der Waals surface area contributed by atoms with Crippen LogP contribution in [0.4, 0.5) is 0 Å². The van der Waals surface area contributed by atoms with Crippen molar-refractivity contribution < 1.29 is 4.52 Å². The van der Waals surface area contributed by atoms with Crippen molar-refractivity contribution in [2.75, 3.05) is 13.1 Å². The number of rotatable bonds is 4. The molecule has 6 heteroatoms. The first-order valence-electron chi connectivity index (χ1n) is 8.04. The zero-order valence-corrected chi connectivity index (χ0v) is 14.2. The summed E-state index contributed by atoms with van der Waals surface area (Å²) in [4.78, 5) is 14.3. The first-order valence-corrected chi connectivity index (χ1v) is 8.04. The minimum atomic E-state index is -0.0504. The Morgan fingerprint density at radius 1 is 1.30 bits per heavy atom. The second-order valence-corrected chi connectivity index (χ2v) is 7.48. The Hall–Kier alpha value is -1.95. The van der Waals surface area contributed by atoms with Crippen molar-refractivity contribution in [3.05, 3.63) is 45.7 Å². The lowest BCUT2D eigenvalue weighted by Crippen LogP contribution is -2.49. The van der Waals surface area contributed by atoms with Crippen LogP contribution in [0.1, 0.15) is 37.9 Å². The van der Waals surface area contributed by atoms with E-state index in [1.165, 1.54) is 0 Å². The van der Waals surface area contributed by atoms with Crippen LogP contribution in [0.5, 0.6) is 0 Å². The van der Waals surface area contributed by atoms with E-state index in [0.29, 0.717) is 12.5 Å². The molecule has 0 amide bonds. The van der Waals surface area contributed by atoms with Gasteiger partial charge in [0.15, 0.2) is 5.76 Å². The lowest BCUT2D eigenvalue weighted by Gasteiger charge is -2.38. The number of aromatic nitrogens is 3. The highest BCUT2D eigenvalue weighted by atomic mass is 16.5. The Kier molecular flexibility index (Phi) is 4.10. The molecular formula is C17H24N4O2. The number of hydrogen-bond donors (Lipinski definition) is 0. The largest absolute Gasteiger partial charge is 0.360 e. The van der Waals surface area contributed by atoms with Crippen LogP contribution in [0.2, 0.25) is 0 Å². The summed E-state index contributed by atoms with van der Waals surface area (Å²) in [5, 5.41) is 8.44. The van der Waals surface area contributed by atoms with Crippen LogP contribution in [0.25, 0.3) is 0 Å². The van der Waals surface area contributed by atoms with E-state index in [9.17, 15) is 4.79 Å². The van der Waals surface area contributed by atoms with Gasteiger partial charge in [-0.05, 0) is 13.0 Å². The van der Waals surface area contributed by atoms with Crippen LogP contribution in [0.3, 0.4) is 0 Å². The third-order valence-corrected chi connectivity index (χ3v) is 4.16. The molecule has 0 aliphatic carbocycles. The van der Waals surface area contributed by atoms with Gasteiger partial charge in [0, 0.05) is 36.6 Å². The van der Waals surface area contributed by atoms with E-state index in [4.69, 9.17) is 4.52 Å². The number of hydrogen-bond acceptors (Lipinski definition) is 5. The maximum absolute atomic E-state index is 12.0. The first-order chi connectivity index (χ1) is 10.8. The van der Waals surface area contributed by atoms with E-state index in [-0.39, 0.29) is 11.0 Å². The van der Waals surface area contributed by atoms with Gasteiger partial charge in [-0.15, -0.1) is 0 Å². The molecular weight excluding hydrogens is 292 g/mol. The second-order valence-electron chi connectivity index (χ2n) is 7.48. The van der Waals surface area contributed by atoms with Gasteiger partial charge in [-0.1, -0.05) is 25.9 Å². The van der Waals surface area contributed by atoms with Gasteiger partial charge in [-0.25, -0.2) is 4.68 Å². The lowest BCUT2D eigenvalue weighted by atomic mass is 9.92. The summed E-state index contributed by atoms with van der Waals surface area (Å²) < 4.78 is 6.85. The normalized spacial score (nSPS) is 16.5. The van der Waals surface area contributed by atoms with Crippen LogP contribution >= 0.6 is 0 Å². The second kappa shape index (κ2) is 5.92. The fraction of sp³-hybridized carbons (Fsp3) is 0.588. The highest BCUT2D eigenvalue weighted by Gasteiger charge is 2.28. The molecule has 1 fully saturated rings. The number of likely N-dealkylation sites (tertiary alicyclic amines) is 1. The predicted molar refractivity (Wildman–Crippen MR) is 87.2 cm³/mol. The molecule has 6 nitrogen and oxygen atoms in total. The molecule has 3 rings (SSSR count). The SMILES string of the molecule is Cc1cc(CN2CC(Cn3nc(C(C)(C)C)ccc3=O)C2)on1. The Morgan fingerprint density at radius 3 is 2.65 bits per heavy atom. The van der Waals surface area contributed by atoms with Crippen molar-refractivity contribution in [3.8, 4) is 0 Å². The summed E-state index contributed by atoms with van der Waals surface area (Å²) in [5.74, 6) is 1.35. The number of aryl methyl sites for hydroxylation is 1. The fourth-order valence-electron chi connectivity index (χ4n) is 2.86. The molecule has 2 aromatic heterocycles. The molecule has 3 heterocycles. The molecule has 0 bridgehead atoms. The molecule has 0 spiro atoms. The zero-order chi connectivity index (χ0) is 16.6. The van der Waals surface area contributed by atoms with Crippen LogP contribution in [-0.4, -0.2) is 32.9 Å². The van der Waals surface area contributed by atoms with E-state index < -0.39 is 0 Å². The van der Waals surface area contributed by atoms with Gasteiger partial charge < -0.3 is 4.52 Å². The molecule has 1 aliphatic heterocycles. The Bertz CT molecular complexity index is 736. The van der Waals surface area contributed by atoms with Crippen LogP contribution in [0.15, 0.2) is 27.5 Å². The molecule has 0 aromatic carbocycles. The third kappa shape index (κ3) is 3.69. The summed E-state index contributed by atoms with van der Waals surface area (Å²) in [6.07, 6.45) is 0. The van der Waals surface area contributed by atoms with Gasteiger partial charge in [0.25, 0.3) is 5.56 Å². The van der Waals surface area contributed by atoms with E-state index in [2.05, 4.69) is 35.9 Å². The highest BCUT2D eigenvalue weighted by Crippen LogP contribution is 2.21. The molecule has 124 valence electrons. The summed E-state index contributed by atoms with van der Waals surface area (Å²) in [6, 6.07) is 5.42. The zero-order valence-electron chi connectivity index (χ0n) is 14.2. The van der Waals surface area contributed by atoms with Crippen LogP contribution < -0.4 is 5.56 Å². The smallest absolute Gasteiger partial charge is 0.266 e. The molecule has 1 saturated heterocycles. The molecule has 2 aromatic rings. The standard InChI is InChI=1S/C17H24N4O2/c1-12-7-14(23-19-12)11-20-8-13(9-20)10-21-16(22)6-5-15(18-21)17(2,3)4/h5-7,13H,8-11H2,1-4H3. The Morgan fingerprint density at radius 2 is 2.04 bits per heavy atom. The van der Waals surface area contributed by atoms with Crippen molar-refractivity contribution in [1.82, 2.24) is 19.8 Å². The van der Waals surface area contributed by atoms with E-state index in [0.717, 1.165) is 36.8 Å². The first kappa shape index (κ1) is 15.9. The Balaban J connectivity index is 1.58. The quantitative estimate of drug-likeness (QED) is 0.863. The maximum atomic E-state index is 12.0. The highest BCUT2D eigenvalue weighted by molar-refractivity contribution is 5.10. The molecule has 0 N–H and O–H groups in total. The monoisotopic (exact) mass is 316 g/mol. The van der Waals surface area contributed by atoms with Crippen LogP contribution in [-0.2, 0) is 18.5 Å². The van der Waals surface area contributed by atoms with Crippen molar-refractivity contribution >= 4 is 0 Å². The van der Waals surface area contributed by atoms with Gasteiger partial charge >= 0.3 is 0 Å². The van der Waals surface area contributed by atoms with E-state index in [1.807, 2.05) is 19.1 Å². The molecule has 0 saturated carbocycles. The summed E-state index contributed by atoms with van der Waals surface area (Å²) in [6.45, 7) is 11.6. The lowest BCUT2D eigenvalue weighted by molar-refractivity contribution is 0.0673. The average Bonchev–Trinajstić information content (AvgIpc) is 2.82.